The van der Waals surface area contributed by atoms with Crippen molar-refractivity contribution >= 4 is 23.4 Å². The van der Waals surface area contributed by atoms with Crippen LogP contribution in [0.5, 0.6) is 17.2 Å². The van der Waals surface area contributed by atoms with Crippen molar-refractivity contribution in [3.8, 4) is 17.2 Å². The molecule has 0 aromatic heterocycles. The maximum absolute atomic E-state index is 12.5. The smallest absolute Gasteiger partial charge is 0.339 e. The summed E-state index contributed by atoms with van der Waals surface area (Å²) in [6.45, 7) is 2.30. The Hall–Kier alpha value is -2.73. The van der Waals surface area contributed by atoms with E-state index in [1.807, 2.05) is 0 Å². The van der Waals surface area contributed by atoms with Crippen LogP contribution in [-0.2, 0) is 4.74 Å². The predicted octanol–water partition coefficient (Wildman–Crippen LogP) is 3.55. The zero-order valence-corrected chi connectivity index (χ0v) is 15.0. The van der Waals surface area contributed by atoms with Gasteiger partial charge >= 0.3 is 5.97 Å². The van der Waals surface area contributed by atoms with E-state index in [2.05, 4.69) is 0 Å². The number of carbonyl (C=O) groups is 2. The number of rotatable bonds is 5. The molecular weight excluding hydrogens is 360 g/mol. The third-order valence-corrected chi connectivity index (χ3v) is 4.10. The van der Waals surface area contributed by atoms with Gasteiger partial charge in [0.15, 0.2) is 17.6 Å². The number of ether oxygens (including phenoxy) is 4. The zero-order valence-electron chi connectivity index (χ0n) is 14.3. The number of hydrogen-bond acceptors (Lipinski definition) is 6. The van der Waals surface area contributed by atoms with Gasteiger partial charge in [0, 0.05) is 10.6 Å². The lowest BCUT2D eigenvalue weighted by Crippen LogP contribution is -2.24. The van der Waals surface area contributed by atoms with Gasteiger partial charge in [-0.1, -0.05) is 11.6 Å². The molecule has 0 spiro atoms. The maximum atomic E-state index is 12.5. The Labute approximate surface area is 155 Å². The van der Waals surface area contributed by atoms with Gasteiger partial charge in [-0.05, 0) is 43.3 Å². The monoisotopic (exact) mass is 376 g/mol. The fraction of sp³-hybridized carbons (Fsp3) is 0.263. The lowest BCUT2D eigenvalue weighted by Gasteiger charge is -2.21. The van der Waals surface area contributed by atoms with Crippen molar-refractivity contribution in [1.82, 2.24) is 0 Å². The Bertz CT molecular complexity index is 813. The average Bonchev–Trinajstić information content (AvgIpc) is 2.66. The summed E-state index contributed by atoms with van der Waals surface area (Å²) in [5, 5.41) is 0.523. The van der Waals surface area contributed by atoms with Crippen molar-refractivity contribution in [1.29, 1.82) is 0 Å². The van der Waals surface area contributed by atoms with E-state index in [0.717, 1.165) is 0 Å². The lowest BCUT2D eigenvalue weighted by molar-refractivity contribution is 0.0317. The van der Waals surface area contributed by atoms with Crippen LogP contribution in [0.3, 0.4) is 0 Å². The summed E-state index contributed by atoms with van der Waals surface area (Å²) in [5.41, 5.74) is 0.622. The molecule has 1 aliphatic heterocycles. The molecular formula is C19H17ClO6. The molecule has 0 saturated carbocycles. The highest BCUT2D eigenvalue weighted by atomic mass is 35.5. The third kappa shape index (κ3) is 3.75. The number of methoxy groups -OCH3 is 1. The largest absolute Gasteiger partial charge is 0.493 e. The standard InChI is InChI=1S/C19H17ClO6/c1-11(17(21)12-3-5-14(20)6-4-12)26-19(22)13-9-15(23-2)18-16(10-13)24-7-8-25-18/h3-6,9-11H,7-8H2,1-2H3/t11-/m1/s1. The topological polar surface area (TPSA) is 71.1 Å². The predicted molar refractivity (Wildman–Crippen MR) is 94.6 cm³/mol. The molecule has 0 N–H and O–H groups in total. The molecule has 1 heterocycles. The molecule has 1 atom stereocenters. The van der Waals surface area contributed by atoms with Crippen LogP contribution >= 0.6 is 11.6 Å². The number of esters is 1. The number of ketones is 1. The Morgan fingerprint density at radius 3 is 2.46 bits per heavy atom. The van der Waals surface area contributed by atoms with Gasteiger partial charge in [-0.3, -0.25) is 4.79 Å². The molecule has 7 heteroatoms. The van der Waals surface area contributed by atoms with Crippen LogP contribution in [-0.4, -0.2) is 38.2 Å². The molecule has 3 rings (SSSR count). The SMILES string of the molecule is COc1cc(C(=O)O[C@H](C)C(=O)c2ccc(Cl)cc2)cc2c1OCCO2. The summed E-state index contributed by atoms with van der Waals surface area (Å²) >= 11 is 5.82. The van der Waals surface area contributed by atoms with Gasteiger partial charge in [0.05, 0.1) is 12.7 Å². The molecule has 1 aliphatic rings. The van der Waals surface area contributed by atoms with Crippen molar-refractivity contribution < 1.29 is 28.5 Å². The van der Waals surface area contributed by atoms with Crippen molar-refractivity contribution in [2.75, 3.05) is 20.3 Å². The fourth-order valence-corrected chi connectivity index (χ4v) is 2.65. The Kier molecular flexibility index (Phi) is 5.32. The minimum Gasteiger partial charge on any atom is -0.493 e. The van der Waals surface area contributed by atoms with E-state index in [9.17, 15) is 9.59 Å². The van der Waals surface area contributed by atoms with Crippen LogP contribution in [0.1, 0.15) is 27.6 Å². The van der Waals surface area contributed by atoms with Crippen LogP contribution in [0.15, 0.2) is 36.4 Å². The molecule has 0 bridgehead atoms. The summed E-state index contributed by atoms with van der Waals surface area (Å²) < 4.78 is 21.5. The molecule has 0 unspecified atom stereocenters. The first-order chi connectivity index (χ1) is 12.5. The molecule has 0 aliphatic carbocycles. The van der Waals surface area contributed by atoms with Gasteiger partial charge < -0.3 is 18.9 Å². The quantitative estimate of drug-likeness (QED) is 0.587. The third-order valence-electron chi connectivity index (χ3n) is 3.85. The lowest BCUT2D eigenvalue weighted by atomic mass is 10.1. The molecule has 2 aromatic rings. The van der Waals surface area contributed by atoms with E-state index in [1.165, 1.54) is 26.2 Å². The Balaban J connectivity index is 1.77. The maximum Gasteiger partial charge on any atom is 0.339 e. The second kappa shape index (κ2) is 7.66. The highest BCUT2D eigenvalue weighted by Gasteiger charge is 2.24. The van der Waals surface area contributed by atoms with Gasteiger partial charge in [0.25, 0.3) is 0 Å². The van der Waals surface area contributed by atoms with E-state index < -0.39 is 12.1 Å². The minimum absolute atomic E-state index is 0.210. The number of Topliss-reactive ketones (excluding diaryl/α,β-unsaturated/α-hetero) is 1. The number of benzene rings is 2. The van der Waals surface area contributed by atoms with Crippen LogP contribution in [0, 0.1) is 0 Å². The van der Waals surface area contributed by atoms with Crippen molar-refractivity contribution in [3.05, 3.63) is 52.5 Å². The van der Waals surface area contributed by atoms with Crippen LogP contribution < -0.4 is 14.2 Å². The van der Waals surface area contributed by atoms with E-state index in [0.29, 0.717) is 41.0 Å². The Morgan fingerprint density at radius 2 is 1.77 bits per heavy atom. The van der Waals surface area contributed by atoms with Crippen LogP contribution in [0.25, 0.3) is 0 Å². The molecule has 0 radical (unpaired) electrons. The van der Waals surface area contributed by atoms with E-state index in [1.54, 1.807) is 24.3 Å². The Morgan fingerprint density at radius 1 is 1.08 bits per heavy atom. The molecule has 136 valence electrons. The van der Waals surface area contributed by atoms with Crippen molar-refractivity contribution in [2.24, 2.45) is 0 Å². The second-order valence-corrected chi connectivity index (χ2v) is 6.06. The molecule has 6 nitrogen and oxygen atoms in total. The van der Waals surface area contributed by atoms with E-state index in [-0.39, 0.29) is 11.3 Å². The van der Waals surface area contributed by atoms with E-state index in [4.69, 9.17) is 30.5 Å². The molecule has 26 heavy (non-hydrogen) atoms. The number of halogens is 1. The summed E-state index contributed by atoms with van der Waals surface area (Å²) in [4.78, 5) is 24.8. The molecule has 0 amide bonds. The summed E-state index contributed by atoms with van der Waals surface area (Å²) in [7, 11) is 1.47. The normalized spacial score (nSPS) is 13.7. The highest BCUT2D eigenvalue weighted by Crippen LogP contribution is 2.40. The summed E-state index contributed by atoms with van der Waals surface area (Å²) in [6, 6.07) is 9.39. The summed E-state index contributed by atoms with van der Waals surface area (Å²) in [5.74, 6) is 0.236. The van der Waals surface area contributed by atoms with Crippen LogP contribution in [0.2, 0.25) is 5.02 Å². The van der Waals surface area contributed by atoms with Gasteiger partial charge in [-0.15, -0.1) is 0 Å². The first-order valence-electron chi connectivity index (χ1n) is 7.98. The van der Waals surface area contributed by atoms with Gasteiger partial charge in [0.1, 0.15) is 13.2 Å². The van der Waals surface area contributed by atoms with Gasteiger partial charge in [0.2, 0.25) is 11.5 Å². The number of fused-ring (bicyclic) bond motifs is 1. The first kappa shape index (κ1) is 18.1. The van der Waals surface area contributed by atoms with Crippen LogP contribution in [0.4, 0.5) is 0 Å². The van der Waals surface area contributed by atoms with Gasteiger partial charge in [-0.2, -0.15) is 0 Å². The highest BCUT2D eigenvalue weighted by molar-refractivity contribution is 6.30. The second-order valence-electron chi connectivity index (χ2n) is 5.62. The number of hydrogen-bond donors (Lipinski definition) is 0. The zero-order chi connectivity index (χ0) is 18.7. The fourth-order valence-electron chi connectivity index (χ4n) is 2.52. The van der Waals surface area contributed by atoms with Crippen molar-refractivity contribution in [3.63, 3.8) is 0 Å². The molecule has 0 fully saturated rings. The minimum atomic E-state index is -0.956. The van der Waals surface area contributed by atoms with Gasteiger partial charge in [-0.25, -0.2) is 4.79 Å². The molecule has 2 aromatic carbocycles. The number of carbonyl (C=O) groups excluding carboxylic acids is 2. The van der Waals surface area contributed by atoms with E-state index >= 15 is 0 Å². The average molecular weight is 377 g/mol. The molecule has 0 saturated heterocycles. The van der Waals surface area contributed by atoms with Crippen molar-refractivity contribution in [2.45, 2.75) is 13.0 Å². The first-order valence-corrected chi connectivity index (χ1v) is 8.36. The summed E-state index contributed by atoms with van der Waals surface area (Å²) in [6.07, 6.45) is -0.956.